The van der Waals surface area contributed by atoms with Gasteiger partial charge in [0, 0.05) is 37.7 Å². The minimum atomic E-state index is -0.194. The molecule has 1 aliphatic carbocycles. The summed E-state index contributed by atoms with van der Waals surface area (Å²) < 4.78 is 7.55. The lowest BCUT2D eigenvalue weighted by Crippen LogP contribution is -2.50. The molecule has 7 heteroatoms. The fourth-order valence-corrected chi connectivity index (χ4v) is 6.11. The predicted octanol–water partition coefficient (Wildman–Crippen LogP) is 4.55. The van der Waals surface area contributed by atoms with Crippen molar-refractivity contribution < 1.29 is 4.74 Å². The molecule has 6 nitrogen and oxygen atoms in total. The van der Waals surface area contributed by atoms with Crippen molar-refractivity contribution in [1.82, 2.24) is 24.9 Å². The summed E-state index contributed by atoms with van der Waals surface area (Å²) in [5.74, 6) is 0.899. The van der Waals surface area contributed by atoms with E-state index in [1.807, 2.05) is 30.1 Å². The average Bonchev–Trinajstić information content (AvgIpc) is 3.56. The number of rotatable bonds is 9. The number of benzene rings is 1. The summed E-state index contributed by atoms with van der Waals surface area (Å²) in [5.41, 5.74) is 2.62. The van der Waals surface area contributed by atoms with Gasteiger partial charge in [0.1, 0.15) is 16.8 Å². The van der Waals surface area contributed by atoms with Gasteiger partial charge in [-0.3, -0.25) is 14.9 Å². The number of nitrogens with one attached hydrogen (secondary N) is 1. The Kier molecular flexibility index (Phi) is 7.42. The second-order valence-corrected chi connectivity index (χ2v) is 10.3. The molecule has 1 N–H and O–H groups in total. The number of thioether (sulfide) groups is 1. The number of allylic oxidation sites excluding steroid dienone is 3. The van der Waals surface area contributed by atoms with Crippen molar-refractivity contribution in [3.63, 3.8) is 0 Å². The third kappa shape index (κ3) is 5.27. The summed E-state index contributed by atoms with van der Waals surface area (Å²) in [7, 11) is 1.72. The highest BCUT2D eigenvalue weighted by atomic mass is 32.2. The lowest BCUT2D eigenvalue weighted by Gasteiger charge is -2.41. The number of hydrogen-bond donors (Lipinski definition) is 1. The highest BCUT2D eigenvalue weighted by Crippen LogP contribution is 2.36. The van der Waals surface area contributed by atoms with Gasteiger partial charge < -0.3 is 9.64 Å². The molecule has 0 saturated carbocycles. The maximum atomic E-state index is 5.42. The predicted molar refractivity (Wildman–Crippen MR) is 139 cm³/mol. The number of nitrogens with zero attached hydrogens (tertiary/aromatic N) is 4. The van der Waals surface area contributed by atoms with Crippen LogP contribution in [0.2, 0.25) is 0 Å². The number of piperidine rings is 1. The Bertz CT molecular complexity index is 1030. The van der Waals surface area contributed by atoms with Crippen LogP contribution in [-0.4, -0.2) is 58.4 Å². The van der Waals surface area contributed by atoms with E-state index < -0.39 is 0 Å². The van der Waals surface area contributed by atoms with E-state index in [2.05, 4.69) is 79.0 Å². The third-order valence-corrected chi connectivity index (χ3v) is 8.05. The summed E-state index contributed by atoms with van der Waals surface area (Å²) in [6.07, 6.45) is 17.8. The summed E-state index contributed by atoms with van der Waals surface area (Å²) in [6, 6.07) is 10.3. The van der Waals surface area contributed by atoms with Crippen LogP contribution < -0.4 is 10.1 Å². The Morgan fingerprint density at radius 2 is 2.09 bits per heavy atom. The number of ether oxygens (including phenoxy) is 1. The second-order valence-electron chi connectivity index (χ2n) is 9.34. The minimum Gasteiger partial charge on any atom is -0.497 e. The first kappa shape index (κ1) is 23.3. The van der Waals surface area contributed by atoms with Gasteiger partial charge in [-0.1, -0.05) is 54.6 Å². The van der Waals surface area contributed by atoms with Crippen LogP contribution in [0, 0.1) is 0 Å². The van der Waals surface area contributed by atoms with Crippen molar-refractivity contribution in [2.24, 2.45) is 0 Å². The molecule has 0 bridgehead atoms. The molecule has 0 amide bonds. The standard InChI is InChI=1S/C27H35N5OS/c1-33-25-11-8-10-23(18-25)19-28-26-31(24(21-34-26)20-30-15-6-3-7-16-30)22-27(12-4-2-5-13-27)32-17-9-14-29-32/h2,4-5,8-12,14,17-18,21,26,28H,3,6-7,13,15-16,19-20,22H2,1H3. The molecular weight excluding hydrogens is 442 g/mol. The van der Waals surface area contributed by atoms with Crippen LogP contribution in [0.25, 0.3) is 0 Å². The van der Waals surface area contributed by atoms with Gasteiger partial charge in [-0.05, 0) is 61.5 Å². The molecule has 1 aromatic heterocycles. The molecule has 180 valence electrons. The summed E-state index contributed by atoms with van der Waals surface area (Å²) in [4.78, 5) is 5.19. The molecule has 5 rings (SSSR count). The van der Waals surface area contributed by atoms with E-state index in [-0.39, 0.29) is 11.0 Å². The quantitative estimate of drug-likeness (QED) is 0.572. The first-order valence-electron chi connectivity index (χ1n) is 12.3. The van der Waals surface area contributed by atoms with Crippen molar-refractivity contribution in [2.45, 2.75) is 43.3 Å². The lowest BCUT2D eigenvalue weighted by atomic mass is 9.90. The Hall–Kier alpha value is -2.48. The van der Waals surface area contributed by atoms with E-state index in [1.54, 1.807) is 7.11 Å². The zero-order chi connectivity index (χ0) is 23.2. The van der Waals surface area contributed by atoms with E-state index >= 15 is 0 Å². The molecule has 2 aliphatic heterocycles. The second kappa shape index (κ2) is 10.8. The van der Waals surface area contributed by atoms with Gasteiger partial charge in [-0.25, -0.2) is 0 Å². The molecule has 1 aromatic carbocycles. The normalized spacial score (nSPS) is 25.0. The smallest absolute Gasteiger partial charge is 0.132 e. The first-order chi connectivity index (χ1) is 16.8. The molecule has 0 spiro atoms. The molecule has 34 heavy (non-hydrogen) atoms. The molecule has 2 aromatic rings. The van der Waals surface area contributed by atoms with Gasteiger partial charge in [-0.2, -0.15) is 5.10 Å². The maximum Gasteiger partial charge on any atom is 0.132 e. The van der Waals surface area contributed by atoms with Crippen LogP contribution in [0.5, 0.6) is 5.75 Å². The molecule has 1 fully saturated rings. The fraction of sp³-hybridized carbons (Fsp3) is 0.444. The molecule has 3 aliphatic rings. The summed E-state index contributed by atoms with van der Waals surface area (Å²) in [5, 5.41) is 10.8. The SMILES string of the molecule is COc1cccc(CNC2SC=C(CN3CCCCC3)N2CC2(n3cccn3)C=CC=CC2)c1. The van der Waals surface area contributed by atoms with E-state index in [1.165, 1.54) is 43.6 Å². The molecule has 2 unspecified atom stereocenters. The van der Waals surface area contributed by atoms with Crippen LogP contribution in [0.15, 0.2) is 78.1 Å². The van der Waals surface area contributed by atoms with Gasteiger partial charge in [-0.15, -0.1) is 0 Å². The van der Waals surface area contributed by atoms with Crippen molar-refractivity contribution in [3.8, 4) is 5.75 Å². The van der Waals surface area contributed by atoms with Crippen molar-refractivity contribution in [1.29, 1.82) is 0 Å². The Balaban J connectivity index is 1.36. The van der Waals surface area contributed by atoms with E-state index in [0.717, 1.165) is 31.8 Å². The molecule has 2 atom stereocenters. The largest absolute Gasteiger partial charge is 0.497 e. The number of aromatic nitrogens is 2. The number of hydrogen-bond acceptors (Lipinski definition) is 6. The molecule has 3 heterocycles. The van der Waals surface area contributed by atoms with Gasteiger partial charge in [0.15, 0.2) is 0 Å². The number of likely N-dealkylation sites (tertiary alicyclic amines) is 1. The third-order valence-electron chi connectivity index (χ3n) is 6.96. The Morgan fingerprint density at radius 3 is 2.85 bits per heavy atom. The van der Waals surface area contributed by atoms with Gasteiger partial charge in [0.2, 0.25) is 0 Å². The van der Waals surface area contributed by atoms with Crippen molar-refractivity contribution >= 4 is 11.8 Å². The van der Waals surface area contributed by atoms with Crippen LogP contribution in [0.4, 0.5) is 0 Å². The number of methoxy groups -OCH3 is 1. The lowest BCUT2D eigenvalue weighted by molar-refractivity contribution is 0.165. The van der Waals surface area contributed by atoms with E-state index in [9.17, 15) is 0 Å². The summed E-state index contributed by atoms with van der Waals surface area (Å²) in [6.45, 7) is 5.08. The van der Waals surface area contributed by atoms with Crippen LogP contribution in [-0.2, 0) is 12.1 Å². The highest BCUT2D eigenvalue weighted by molar-refractivity contribution is 8.02. The zero-order valence-electron chi connectivity index (χ0n) is 20.0. The van der Waals surface area contributed by atoms with Crippen molar-refractivity contribution in [3.05, 3.63) is 83.7 Å². The first-order valence-corrected chi connectivity index (χ1v) is 13.2. The van der Waals surface area contributed by atoms with Crippen LogP contribution >= 0.6 is 11.8 Å². The fourth-order valence-electron chi connectivity index (χ4n) is 5.08. The van der Waals surface area contributed by atoms with Crippen LogP contribution in [0.1, 0.15) is 31.2 Å². The zero-order valence-corrected chi connectivity index (χ0v) is 20.8. The van der Waals surface area contributed by atoms with Crippen molar-refractivity contribution in [2.75, 3.05) is 33.3 Å². The Morgan fingerprint density at radius 1 is 1.18 bits per heavy atom. The van der Waals surface area contributed by atoms with Gasteiger partial charge in [0.05, 0.1) is 7.11 Å². The van der Waals surface area contributed by atoms with Gasteiger partial charge in [0.25, 0.3) is 0 Å². The van der Waals surface area contributed by atoms with E-state index in [0.29, 0.717) is 0 Å². The highest BCUT2D eigenvalue weighted by Gasteiger charge is 2.38. The monoisotopic (exact) mass is 477 g/mol. The van der Waals surface area contributed by atoms with Gasteiger partial charge >= 0.3 is 0 Å². The average molecular weight is 478 g/mol. The molecule has 1 saturated heterocycles. The topological polar surface area (TPSA) is 45.6 Å². The Labute approximate surface area is 207 Å². The minimum absolute atomic E-state index is 0.178. The van der Waals surface area contributed by atoms with E-state index in [4.69, 9.17) is 4.74 Å². The van der Waals surface area contributed by atoms with Crippen LogP contribution in [0.3, 0.4) is 0 Å². The molecule has 0 radical (unpaired) electrons. The molecular formula is C27H35N5OS. The summed E-state index contributed by atoms with van der Waals surface area (Å²) >= 11 is 1.88. The maximum absolute atomic E-state index is 5.42.